The lowest BCUT2D eigenvalue weighted by Gasteiger charge is -2.25. The third-order valence-corrected chi connectivity index (χ3v) is 7.96. The van der Waals surface area contributed by atoms with Crippen LogP contribution in [0.25, 0.3) is 0 Å². The summed E-state index contributed by atoms with van der Waals surface area (Å²) in [6.45, 7) is 9.03. The van der Waals surface area contributed by atoms with E-state index in [9.17, 15) is 8.42 Å². The van der Waals surface area contributed by atoms with E-state index in [2.05, 4.69) is 27.5 Å². The molecule has 0 aromatic carbocycles. The standard InChI is InChI=1S/C16H29N5O2S3/c1-4-17-16(18-6-5-15-20-13(2)14(3)25-15)19-7-12-26(22,23)21-8-10-24-11-9-21/h4-12H2,1-3H3,(H2,17,18,19). The van der Waals surface area contributed by atoms with Crippen LogP contribution in [-0.4, -0.2) is 73.6 Å². The van der Waals surface area contributed by atoms with Gasteiger partial charge in [0.25, 0.3) is 0 Å². The molecule has 1 fully saturated rings. The summed E-state index contributed by atoms with van der Waals surface area (Å²) >= 11 is 3.52. The van der Waals surface area contributed by atoms with Gasteiger partial charge in [-0.2, -0.15) is 11.8 Å². The Hall–Kier alpha value is -0.840. The molecule has 0 unspecified atom stereocenters. The molecular weight excluding hydrogens is 390 g/mol. The minimum atomic E-state index is -3.21. The predicted molar refractivity (Wildman–Crippen MR) is 112 cm³/mol. The maximum atomic E-state index is 12.4. The number of aliphatic imine (C=N–C) groups is 1. The highest BCUT2D eigenvalue weighted by atomic mass is 32.2. The first kappa shape index (κ1) is 21.5. The molecule has 0 aliphatic carbocycles. The zero-order valence-corrected chi connectivity index (χ0v) is 18.2. The Balaban J connectivity index is 1.81. The van der Waals surface area contributed by atoms with Gasteiger partial charge in [-0.25, -0.2) is 17.7 Å². The van der Waals surface area contributed by atoms with E-state index in [1.54, 1.807) is 27.4 Å². The van der Waals surface area contributed by atoms with Crippen LogP contribution in [0.15, 0.2) is 4.99 Å². The van der Waals surface area contributed by atoms with E-state index in [4.69, 9.17) is 0 Å². The summed E-state index contributed by atoms with van der Waals surface area (Å²) in [5, 5.41) is 7.52. The Labute approximate surface area is 165 Å². The number of rotatable bonds is 8. The fourth-order valence-electron chi connectivity index (χ4n) is 2.50. The Bertz CT molecular complexity index is 677. The van der Waals surface area contributed by atoms with Gasteiger partial charge in [0, 0.05) is 49.0 Å². The van der Waals surface area contributed by atoms with Crippen LogP contribution < -0.4 is 10.6 Å². The molecule has 0 bridgehead atoms. The number of aryl methyl sites for hydroxylation is 2. The van der Waals surface area contributed by atoms with Gasteiger partial charge in [-0.05, 0) is 20.8 Å². The Morgan fingerprint density at radius 2 is 2.00 bits per heavy atom. The van der Waals surface area contributed by atoms with Gasteiger partial charge in [0.15, 0.2) is 5.96 Å². The van der Waals surface area contributed by atoms with Crippen molar-refractivity contribution in [1.82, 2.24) is 19.9 Å². The molecular formula is C16H29N5O2S3. The molecule has 10 heteroatoms. The second kappa shape index (κ2) is 10.5. The summed E-state index contributed by atoms with van der Waals surface area (Å²) in [6, 6.07) is 0. The highest BCUT2D eigenvalue weighted by Crippen LogP contribution is 2.16. The Morgan fingerprint density at radius 3 is 2.62 bits per heavy atom. The normalized spacial score (nSPS) is 16.7. The summed E-state index contributed by atoms with van der Waals surface area (Å²) < 4.78 is 26.3. The minimum absolute atomic E-state index is 0.0547. The van der Waals surface area contributed by atoms with Gasteiger partial charge in [0.05, 0.1) is 23.0 Å². The third kappa shape index (κ3) is 6.71. The highest BCUT2D eigenvalue weighted by Gasteiger charge is 2.23. The molecule has 0 saturated carbocycles. The molecule has 2 N–H and O–H groups in total. The average Bonchev–Trinajstić information content (AvgIpc) is 2.93. The molecule has 0 atom stereocenters. The third-order valence-electron chi connectivity index (χ3n) is 4.03. The molecule has 0 spiro atoms. The van der Waals surface area contributed by atoms with E-state index >= 15 is 0 Å². The Morgan fingerprint density at radius 1 is 1.27 bits per heavy atom. The zero-order valence-electron chi connectivity index (χ0n) is 15.7. The maximum Gasteiger partial charge on any atom is 0.215 e. The smallest absolute Gasteiger partial charge is 0.215 e. The molecule has 1 aliphatic heterocycles. The molecule has 1 aromatic heterocycles. The number of hydrogen-bond donors (Lipinski definition) is 2. The number of sulfonamides is 1. The summed E-state index contributed by atoms with van der Waals surface area (Å²) in [7, 11) is -3.21. The van der Waals surface area contributed by atoms with E-state index < -0.39 is 10.0 Å². The van der Waals surface area contributed by atoms with Crippen LogP contribution in [0.3, 0.4) is 0 Å². The van der Waals surface area contributed by atoms with Gasteiger partial charge in [-0.1, -0.05) is 0 Å². The van der Waals surface area contributed by atoms with Crippen molar-refractivity contribution < 1.29 is 8.42 Å². The molecule has 2 heterocycles. The monoisotopic (exact) mass is 419 g/mol. The van der Waals surface area contributed by atoms with Crippen LogP contribution in [-0.2, 0) is 16.4 Å². The summed E-state index contributed by atoms with van der Waals surface area (Å²) in [4.78, 5) is 10.2. The number of nitrogens with zero attached hydrogens (tertiary/aromatic N) is 3. The van der Waals surface area contributed by atoms with Crippen molar-refractivity contribution in [2.45, 2.75) is 27.2 Å². The number of guanidine groups is 1. The fourth-order valence-corrected chi connectivity index (χ4v) is 5.89. The number of hydrogen-bond acceptors (Lipinski definition) is 6. The van der Waals surface area contributed by atoms with Crippen molar-refractivity contribution in [3.8, 4) is 0 Å². The van der Waals surface area contributed by atoms with Gasteiger partial charge < -0.3 is 10.6 Å². The number of thiazole rings is 1. The summed E-state index contributed by atoms with van der Waals surface area (Å²) in [6.07, 6.45) is 0.827. The molecule has 26 heavy (non-hydrogen) atoms. The Kier molecular flexibility index (Phi) is 8.65. The van der Waals surface area contributed by atoms with E-state index in [-0.39, 0.29) is 12.3 Å². The van der Waals surface area contributed by atoms with Gasteiger partial charge in [0.1, 0.15) is 0 Å². The van der Waals surface area contributed by atoms with Crippen molar-refractivity contribution in [3.05, 3.63) is 15.6 Å². The zero-order chi connectivity index (χ0) is 19.0. The SMILES string of the molecule is CCNC(=NCCS(=O)(=O)N1CCSCC1)NCCc1nc(C)c(C)s1. The van der Waals surface area contributed by atoms with E-state index in [0.29, 0.717) is 25.6 Å². The van der Waals surface area contributed by atoms with Crippen LogP contribution in [0.1, 0.15) is 22.5 Å². The fraction of sp³-hybridized carbons (Fsp3) is 0.750. The van der Waals surface area contributed by atoms with E-state index in [1.165, 1.54) is 4.88 Å². The van der Waals surface area contributed by atoms with Gasteiger partial charge >= 0.3 is 0 Å². The second-order valence-corrected chi connectivity index (χ2v) is 10.6. The van der Waals surface area contributed by atoms with Gasteiger partial charge in [0.2, 0.25) is 10.0 Å². The first-order valence-corrected chi connectivity index (χ1v) is 12.5. The lowest BCUT2D eigenvalue weighted by molar-refractivity contribution is 0.444. The topological polar surface area (TPSA) is 86.7 Å². The first-order chi connectivity index (χ1) is 12.4. The molecule has 1 aromatic rings. The van der Waals surface area contributed by atoms with Crippen LogP contribution in [0.4, 0.5) is 0 Å². The van der Waals surface area contributed by atoms with Gasteiger partial charge in [-0.15, -0.1) is 11.3 Å². The summed E-state index contributed by atoms with van der Waals surface area (Å²) in [5.41, 5.74) is 1.09. The van der Waals surface area contributed by atoms with Crippen LogP contribution in [0, 0.1) is 13.8 Å². The molecule has 0 radical (unpaired) electrons. The van der Waals surface area contributed by atoms with Crippen molar-refractivity contribution in [2.75, 3.05) is 50.0 Å². The van der Waals surface area contributed by atoms with E-state index in [1.807, 2.05) is 13.8 Å². The molecule has 7 nitrogen and oxygen atoms in total. The molecule has 2 rings (SSSR count). The maximum absolute atomic E-state index is 12.4. The van der Waals surface area contributed by atoms with Crippen LogP contribution in [0.5, 0.6) is 0 Å². The van der Waals surface area contributed by atoms with Gasteiger partial charge in [-0.3, -0.25) is 4.99 Å². The second-order valence-electron chi connectivity index (χ2n) is 6.01. The molecule has 0 amide bonds. The molecule has 148 valence electrons. The summed E-state index contributed by atoms with van der Waals surface area (Å²) in [5.74, 6) is 2.46. The van der Waals surface area contributed by atoms with Crippen molar-refractivity contribution in [3.63, 3.8) is 0 Å². The van der Waals surface area contributed by atoms with Crippen molar-refractivity contribution >= 4 is 39.1 Å². The predicted octanol–water partition coefficient (Wildman–Crippen LogP) is 1.24. The van der Waals surface area contributed by atoms with Crippen molar-refractivity contribution in [1.29, 1.82) is 0 Å². The molecule has 1 aliphatic rings. The first-order valence-electron chi connectivity index (χ1n) is 8.93. The van der Waals surface area contributed by atoms with Crippen molar-refractivity contribution in [2.24, 2.45) is 4.99 Å². The lowest BCUT2D eigenvalue weighted by atomic mass is 10.4. The lowest BCUT2D eigenvalue weighted by Crippen LogP contribution is -2.41. The quantitative estimate of drug-likeness (QED) is 0.487. The van der Waals surface area contributed by atoms with E-state index in [0.717, 1.165) is 35.2 Å². The number of nitrogens with one attached hydrogen (secondary N) is 2. The largest absolute Gasteiger partial charge is 0.357 e. The van der Waals surface area contributed by atoms with Crippen LogP contribution in [0.2, 0.25) is 0 Å². The minimum Gasteiger partial charge on any atom is -0.357 e. The highest BCUT2D eigenvalue weighted by molar-refractivity contribution is 7.99. The number of thioether (sulfide) groups is 1. The number of aromatic nitrogens is 1. The van der Waals surface area contributed by atoms with Crippen LogP contribution >= 0.6 is 23.1 Å². The molecule has 1 saturated heterocycles. The average molecular weight is 420 g/mol.